The zero-order chi connectivity index (χ0) is 19.7. The molecule has 0 radical (unpaired) electrons. The number of hydrogen-bond acceptors (Lipinski definition) is 6. The molecule has 148 valence electrons. The van der Waals surface area contributed by atoms with Gasteiger partial charge in [-0.05, 0) is 53.9 Å². The Bertz CT molecular complexity index is 437. The van der Waals surface area contributed by atoms with Crippen LogP contribution in [0.4, 0.5) is 0 Å². The maximum atomic E-state index is 12.2. The van der Waals surface area contributed by atoms with Crippen LogP contribution in [0.15, 0.2) is 0 Å². The number of carbonyl (C=O) groups is 2. The maximum Gasteiger partial charge on any atom is 0.322 e. The lowest BCUT2D eigenvalue weighted by Gasteiger charge is -2.29. The van der Waals surface area contributed by atoms with Crippen molar-refractivity contribution in [3.8, 4) is 0 Å². The highest BCUT2D eigenvalue weighted by atomic mass is 79.9. The molecule has 0 fully saturated rings. The molecule has 0 heterocycles. The number of carbonyl (C=O) groups excluding carboxylic acids is 2. The van der Waals surface area contributed by atoms with E-state index in [0.717, 1.165) is 23.3 Å². The lowest BCUT2D eigenvalue weighted by Crippen LogP contribution is -2.39. The van der Waals surface area contributed by atoms with Crippen molar-refractivity contribution in [2.24, 2.45) is 5.41 Å². The van der Waals surface area contributed by atoms with Gasteiger partial charge in [0.15, 0.2) is 0 Å². The van der Waals surface area contributed by atoms with Gasteiger partial charge in [-0.1, -0.05) is 15.9 Å². The van der Waals surface area contributed by atoms with Gasteiger partial charge in [0.2, 0.25) is 0 Å². The zero-order valence-corrected chi connectivity index (χ0v) is 20.2. The van der Waals surface area contributed by atoms with Gasteiger partial charge < -0.3 is 18.6 Å². The molecule has 0 saturated carbocycles. The van der Waals surface area contributed by atoms with E-state index in [1.54, 1.807) is 20.8 Å². The summed E-state index contributed by atoms with van der Waals surface area (Å²) in [7, 11) is 2.05. The quantitative estimate of drug-likeness (QED) is 0.200. The molecule has 0 spiro atoms. The Balaban J connectivity index is 4.11. The zero-order valence-electron chi connectivity index (χ0n) is 16.6. The minimum atomic E-state index is -0.933. The average molecular weight is 441 g/mol. The number of hydrogen-bond donors (Lipinski definition) is 0. The molecule has 25 heavy (non-hydrogen) atoms. The van der Waals surface area contributed by atoms with Gasteiger partial charge in [0, 0.05) is 12.2 Å². The normalized spacial score (nSPS) is 14.8. The van der Waals surface area contributed by atoms with E-state index >= 15 is 0 Å². The van der Waals surface area contributed by atoms with Gasteiger partial charge in [0.1, 0.15) is 21.4 Å². The first-order valence-electron chi connectivity index (χ1n) is 8.45. The molecule has 6 nitrogen and oxygen atoms in total. The molecule has 0 N–H and O–H groups in total. The third-order valence-corrected chi connectivity index (χ3v) is 5.73. The second kappa shape index (κ2) is 10.6. The van der Waals surface area contributed by atoms with E-state index in [0.29, 0.717) is 13.2 Å². The van der Waals surface area contributed by atoms with Crippen LogP contribution in [0, 0.1) is 5.41 Å². The second-order valence-electron chi connectivity index (χ2n) is 7.57. The van der Waals surface area contributed by atoms with E-state index in [9.17, 15) is 9.59 Å². The Morgan fingerprint density at radius 2 is 1.60 bits per heavy atom. The van der Waals surface area contributed by atoms with Crippen LogP contribution in [-0.2, 0) is 28.2 Å². The summed E-state index contributed by atoms with van der Waals surface area (Å²) in [5.41, 5.74) is -0.910. The molecule has 1 unspecified atom stereocenters. The van der Waals surface area contributed by atoms with E-state index in [4.69, 9.17) is 18.6 Å². The molecule has 8 heteroatoms. The van der Waals surface area contributed by atoms with Crippen molar-refractivity contribution in [1.29, 1.82) is 0 Å². The van der Waals surface area contributed by atoms with E-state index in [-0.39, 0.29) is 24.6 Å². The van der Waals surface area contributed by atoms with Crippen LogP contribution in [0.5, 0.6) is 0 Å². The van der Waals surface area contributed by atoms with Crippen molar-refractivity contribution in [2.75, 3.05) is 26.9 Å². The van der Waals surface area contributed by atoms with E-state index in [1.165, 1.54) is 7.11 Å². The second-order valence-corrected chi connectivity index (χ2v) is 9.72. The monoisotopic (exact) mass is 440 g/mol. The van der Waals surface area contributed by atoms with E-state index in [2.05, 4.69) is 29.8 Å². The number of rotatable bonds is 12. The predicted octanol–water partition coefficient (Wildman–Crippen LogP) is 2.14. The molecular formula is C17H33BrO6Si. The third kappa shape index (κ3) is 9.72. The molecule has 0 bridgehead atoms. The Labute approximate surface area is 163 Å². The van der Waals surface area contributed by atoms with Crippen molar-refractivity contribution >= 4 is 38.4 Å². The summed E-state index contributed by atoms with van der Waals surface area (Å²) < 4.78 is 20.1. The number of esters is 2. The number of alkyl halides is 1. The largest absolute Gasteiger partial charge is 0.468 e. The van der Waals surface area contributed by atoms with Crippen molar-refractivity contribution < 1.29 is 28.2 Å². The van der Waals surface area contributed by atoms with Crippen LogP contribution in [0.25, 0.3) is 0 Å². The first kappa shape index (κ1) is 24.6. The highest BCUT2D eigenvalue weighted by Crippen LogP contribution is 2.35. The smallest absolute Gasteiger partial charge is 0.322 e. The molecule has 0 aliphatic carbocycles. The van der Waals surface area contributed by atoms with Crippen LogP contribution in [0.1, 0.15) is 53.9 Å². The molecule has 0 aromatic carbocycles. The van der Waals surface area contributed by atoms with Crippen LogP contribution in [0.2, 0.25) is 0 Å². The fraction of sp³-hybridized carbons (Fsp3) is 0.882. The SMILES string of the molecule is COC(=O)C(C)(Br)CC(C)(C)C(=O)OCCOCCCC(C)(C)O[SiH3]. The van der Waals surface area contributed by atoms with Crippen molar-refractivity contribution in [3.05, 3.63) is 0 Å². The molecule has 0 aliphatic rings. The van der Waals surface area contributed by atoms with Gasteiger partial charge in [0.05, 0.1) is 19.1 Å². The van der Waals surface area contributed by atoms with Crippen molar-refractivity contribution in [1.82, 2.24) is 0 Å². The first-order valence-corrected chi connectivity index (χ1v) is 10.1. The van der Waals surface area contributed by atoms with Crippen LogP contribution >= 0.6 is 15.9 Å². The summed E-state index contributed by atoms with van der Waals surface area (Å²) in [4.78, 5) is 24.0. The lowest BCUT2D eigenvalue weighted by atomic mass is 9.83. The standard InChI is InChI=1S/C17H33BrO6Si/c1-15(2,12-17(5,18)14(20)21-6)13(19)23-11-10-22-9-7-8-16(3,4)24-25/h7-12H2,1-6,25H3. The summed E-state index contributed by atoms with van der Waals surface area (Å²) in [6, 6.07) is 0. The van der Waals surface area contributed by atoms with E-state index in [1.807, 2.05) is 0 Å². The fourth-order valence-corrected chi connectivity index (χ4v) is 3.45. The van der Waals surface area contributed by atoms with E-state index < -0.39 is 15.7 Å². The summed E-state index contributed by atoms with van der Waals surface area (Å²) in [5, 5.41) is 0. The molecule has 0 rings (SSSR count). The fourth-order valence-electron chi connectivity index (χ4n) is 2.38. The van der Waals surface area contributed by atoms with Gasteiger partial charge in [-0.15, -0.1) is 0 Å². The molecular weight excluding hydrogens is 408 g/mol. The summed E-state index contributed by atoms with van der Waals surface area (Å²) >= 11 is 3.33. The van der Waals surface area contributed by atoms with Gasteiger partial charge in [-0.3, -0.25) is 9.59 Å². The minimum absolute atomic E-state index is 0.0892. The van der Waals surface area contributed by atoms with Crippen molar-refractivity contribution in [3.63, 3.8) is 0 Å². The van der Waals surface area contributed by atoms with Gasteiger partial charge in [-0.2, -0.15) is 0 Å². The molecule has 0 aliphatic heterocycles. The highest BCUT2D eigenvalue weighted by molar-refractivity contribution is 9.10. The Hall–Kier alpha value is -0.443. The van der Waals surface area contributed by atoms with Gasteiger partial charge in [0.25, 0.3) is 0 Å². The summed E-state index contributed by atoms with van der Waals surface area (Å²) in [6.45, 7) is 10.5. The van der Waals surface area contributed by atoms with Crippen LogP contribution in [0.3, 0.4) is 0 Å². The van der Waals surface area contributed by atoms with Gasteiger partial charge in [-0.25, -0.2) is 0 Å². The number of ether oxygens (including phenoxy) is 3. The van der Waals surface area contributed by atoms with Crippen molar-refractivity contribution in [2.45, 2.75) is 63.8 Å². The summed E-state index contributed by atoms with van der Waals surface area (Å²) in [6.07, 6.45) is 2.10. The van der Waals surface area contributed by atoms with Crippen LogP contribution < -0.4 is 0 Å². The Morgan fingerprint density at radius 1 is 1.00 bits per heavy atom. The Kier molecular flexibility index (Phi) is 10.5. The number of halogens is 1. The number of methoxy groups -OCH3 is 1. The molecule has 0 saturated heterocycles. The first-order chi connectivity index (χ1) is 11.4. The minimum Gasteiger partial charge on any atom is -0.468 e. The highest BCUT2D eigenvalue weighted by Gasteiger charge is 2.42. The third-order valence-electron chi connectivity index (χ3n) is 4.02. The molecule has 0 aromatic rings. The predicted molar refractivity (Wildman–Crippen MR) is 104 cm³/mol. The molecule has 0 amide bonds. The Morgan fingerprint density at radius 3 is 2.12 bits per heavy atom. The van der Waals surface area contributed by atoms with Crippen LogP contribution in [-0.4, -0.2) is 59.3 Å². The molecule has 0 aromatic heterocycles. The average Bonchev–Trinajstić information content (AvgIpc) is 2.51. The lowest BCUT2D eigenvalue weighted by molar-refractivity contribution is -0.157. The molecule has 1 atom stereocenters. The maximum absolute atomic E-state index is 12.2. The topological polar surface area (TPSA) is 71.1 Å². The summed E-state index contributed by atoms with van der Waals surface area (Å²) in [5.74, 6) is -0.783. The van der Waals surface area contributed by atoms with Gasteiger partial charge >= 0.3 is 11.9 Å².